The van der Waals surface area contributed by atoms with Crippen molar-refractivity contribution in [1.82, 2.24) is 5.32 Å². The molecule has 0 aromatic heterocycles. The van der Waals surface area contributed by atoms with Gasteiger partial charge in [0.05, 0.1) is 0 Å². The maximum Gasteiger partial charge on any atom is 0.325 e. The van der Waals surface area contributed by atoms with Crippen LogP contribution in [-0.2, 0) is 4.79 Å². The topological polar surface area (TPSA) is 69.6 Å². The maximum absolute atomic E-state index is 11.3. The second-order valence-electron chi connectivity index (χ2n) is 4.49. The van der Waals surface area contributed by atoms with Crippen molar-refractivity contribution >= 4 is 5.97 Å². The predicted molar refractivity (Wildman–Crippen MR) is 70.7 cm³/mol. The van der Waals surface area contributed by atoms with Gasteiger partial charge in [-0.25, -0.2) is 0 Å². The Hall–Kier alpha value is -1.55. The average Bonchev–Trinajstić information content (AvgIpc) is 2.32. The zero-order valence-electron chi connectivity index (χ0n) is 10.9. The quantitative estimate of drug-likeness (QED) is 0.651. The van der Waals surface area contributed by atoms with Gasteiger partial charge in [-0.1, -0.05) is 37.5 Å². The van der Waals surface area contributed by atoms with Crippen LogP contribution in [0.3, 0.4) is 0 Å². The lowest BCUT2D eigenvalue weighted by molar-refractivity contribution is -0.139. The van der Waals surface area contributed by atoms with Gasteiger partial charge in [0.1, 0.15) is 11.8 Å². The molecule has 1 aromatic rings. The Balaban J connectivity index is 2.77. The summed E-state index contributed by atoms with van der Waals surface area (Å²) in [6.07, 6.45) is 3.10. The van der Waals surface area contributed by atoms with Crippen LogP contribution in [0.25, 0.3) is 0 Å². The van der Waals surface area contributed by atoms with Crippen molar-refractivity contribution in [3.63, 3.8) is 0 Å². The van der Waals surface area contributed by atoms with Gasteiger partial charge in [-0.2, -0.15) is 0 Å². The van der Waals surface area contributed by atoms with Gasteiger partial charge in [0, 0.05) is 5.56 Å². The fraction of sp³-hybridized carbons (Fsp3) is 0.500. The third kappa shape index (κ3) is 4.04. The molecule has 1 rings (SSSR count). The number of phenolic OH excluding ortho intramolecular Hbond substituents is 1. The summed E-state index contributed by atoms with van der Waals surface area (Å²) in [7, 11) is 0. The lowest BCUT2D eigenvalue weighted by atomic mass is 10.0. The Morgan fingerprint density at radius 2 is 2.11 bits per heavy atom. The predicted octanol–water partition coefficient (Wildman–Crippen LogP) is 2.61. The molecule has 1 atom stereocenters. The summed E-state index contributed by atoms with van der Waals surface area (Å²) in [4.78, 5) is 11.3. The lowest BCUT2D eigenvalue weighted by Crippen LogP contribution is -2.29. The highest BCUT2D eigenvalue weighted by atomic mass is 16.4. The third-order valence-corrected chi connectivity index (χ3v) is 2.87. The van der Waals surface area contributed by atoms with Gasteiger partial charge in [0.25, 0.3) is 0 Å². The summed E-state index contributed by atoms with van der Waals surface area (Å²) in [6, 6.07) is 4.16. The van der Waals surface area contributed by atoms with Crippen LogP contribution in [0.4, 0.5) is 0 Å². The molecule has 0 radical (unpaired) electrons. The molecule has 0 spiro atoms. The van der Waals surface area contributed by atoms with Crippen LogP contribution in [-0.4, -0.2) is 22.7 Å². The second kappa shape index (κ2) is 7.01. The van der Waals surface area contributed by atoms with E-state index < -0.39 is 12.0 Å². The first kappa shape index (κ1) is 14.5. The zero-order valence-corrected chi connectivity index (χ0v) is 10.9. The van der Waals surface area contributed by atoms with E-state index in [0.29, 0.717) is 12.1 Å². The van der Waals surface area contributed by atoms with E-state index in [9.17, 15) is 15.0 Å². The molecule has 0 aliphatic heterocycles. The molecule has 1 unspecified atom stereocenters. The van der Waals surface area contributed by atoms with E-state index in [4.69, 9.17) is 0 Å². The molecule has 4 heteroatoms. The molecule has 0 bridgehead atoms. The molecule has 100 valence electrons. The summed E-state index contributed by atoms with van der Waals surface area (Å²) in [5.74, 6) is -0.941. The Morgan fingerprint density at radius 3 is 2.72 bits per heavy atom. The van der Waals surface area contributed by atoms with Crippen molar-refractivity contribution in [3.8, 4) is 5.75 Å². The van der Waals surface area contributed by atoms with E-state index in [1.807, 2.05) is 6.92 Å². The van der Waals surface area contributed by atoms with Crippen LogP contribution in [0.1, 0.15) is 43.4 Å². The van der Waals surface area contributed by atoms with Crippen molar-refractivity contribution in [3.05, 3.63) is 29.3 Å². The minimum atomic E-state index is -0.965. The van der Waals surface area contributed by atoms with Crippen molar-refractivity contribution in [2.75, 3.05) is 6.54 Å². The van der Waals surface area contributed by atoms with Crippen molar-refractivity contribution in [1.29, 1.82) is 0 Å². The van der Waals surface area contributed by atoms with Crippen LogP contribution in [0.15, 0.2) is 18.2 Å². The highest BCUT2D eigenvalue weighted by Gasteiger charge is 2.22. The Labute approximate surface area is 108 Å². The van der Waals surface area contributed by atoms with E-state index in [2.05, 4.69) is 12.2 Å². The normalized spacial score (nSPS) is 12.3. The van der Waals surface area contributed by atoms with Gasteiger partial charge in [0.2, 0.25) is 0 Å². The summed E-state index contributed by atoms with van der Waals surface area (Å²) in [6.45, 7) is 4.61. The number of carbonyl (C=O) groups is 1. The summed E-state index contributed by atoms with van der Waals surface area (Å²) in [5.41, 5.74) is 1.36. The van der Waals surface area contributed by atoms with Crippen LogP contribution >= 0.6 is 0 Å². The Bertz CT molecular complexity index is 404. The molecule has 4 nitrogen and oxygen atoms in total. The van der Waals surface area contributed by atoms with Crippen LogP contribution in [0.2, 0.25) is 0 Å². The fourth-order valence-electron chi connectivity index (χ4n) is 1.86. The Morgan fingerprint density at radius 1 is 1.39 bits per heavy atom. The number of hydrogen-bond acceptors (Lipinski definition) is 3. The number of hydrogen-bond donors (Lipinski definition) is 3. The number of unbranched alkanes of at least 4 members (excludes halogenated alkanes) is 2. The molecule has 18 heavy (non-hydrogen) atoms. The number of carboxylic acids is 1. The van der Waals surface area contributed by atoms with Crippen molar-refractivity contribution < 1.29 is 15.0 Å². The number of aliphatic carboxylic acids is 1. The molecular formula is C14H21NO3. The van der Waals surface area contributed by atoms with E-state index in [1.54, 1.807) is 12.1 Å². The molecule has 3 N–H and O–H groups in total. The lowest BCUT2D eigenvalue weighted by Gasteiger charge is -2.16. The largest absolute Gasteiger partial charge is 0.508 e. The van der Waals surface area contributed by atoms with Gasteiger partial charge in [-0.15, -0.1) is 0 Å². The maximum atomic E-state index is 11.3. The minimum Gasteiger partial charge on any atom is -0.508 e. The van der Waals surface area contributed by atoms with Crippen LogP contribution < -0.4 is 5.32 Å². The van der Waals surface area contributed by atoms with Gasteiger partial charge in [-0.05, 0) is 26.0 Å². The van der Waals surface area contributed by atoms with E-state index >= 15 is 0 Å². The number of nitrogens with one attached hydrogen (secondary N) is 1. The highest BCUT2D eigenvalue weighted by molar-refractivity contribution is 5.76. The zero-order chi connectivity index (χ0) is 13.5. The molecule has 0 saturated carbocycles. The highest BCUT2D eigenvalue weighted by Crippen LogP contribution is 2.25. The number of rotatable bonds is 7. The standard InChI is InChI=1S/C14H21NO3/c1-3-4-5-8-15-13(14(17)18)11-9-10(2)6-7-12(11)16/h6-7,9,13,15-16H,3-5,8H2,1-2H3,(H,17,18). The first-order chi connectivity index (χ1) is 8.56. The van der Waals surface area contributed by atoms with Crippen molar-refractivity contribution in [2.45, 2.75) is 39.2 Å². The van der Waals surface area contributed by atoms with E-state index in [0.717, 1.165) is 24.8 Å². The van der Waals surface area contributed by atoms with Crippen molar-refractivity contribution in [2.24, 2.45) is 0 Å². The first-order valence-corrected chi connectivity index (χ1v) is 6.32. The SMILES string of the molecule is CCCCCNC(C(=O)O)c1cc(C)ccc1O. The average molecular weight is 251 g/mol. The molecule has 0 amide bonds. The van der Waals surface area contributed by atoms with Gasteiger partial charge < -0.3 is 15.5 Å². The smallest absolute Gasteiger partial charge is 0.325 e. The van der Waals surface area contributed by atoms with E-state index in [1.165, 1.54) is 6.07 Å². The summed E-state index contributed by atoms with van der Waals surface area (Å²) < 4.78 is 0. The minimum absolute atomic E-state index is 0.0241. The number of aryl methyl sites for hydroxylation is 1. The fourth-order valence-corrected chi connectivity index (χ4v) is 1.86. The second-order valence-corrected chi connectivity index (χ2v) is 4.49. The van der Waals surface area contributed by atoms with Crippen LogP contribution in [0, 0.1) is 6.92 Å². The van der Waals surface area contributed by atoms with Gasteiger partial charge in [-0.3, -0.25) is 4.79 Å². The number of aromatic hydroxyl groups is 1. The Kier molecular flexibility index (Phi) is 5.65. The van der Waals surface area contributed by atoms with Gasteiger partial charge in [0.15, 0.2) is 0 Å². The molecule has 1 aromatic carbocycles. The van der Waals surface area contributed by atoms with Crippen LogP contribution in [0.5, 0.6) is 5.75 Å². The molecule has 0 fully saturated rings. The molecule has 0 heterocycles. The van der Waals surface area contributed by atoms with E-state index in [-0.39, 0.29) is 5.75 Å². The summed E-state index contributed by atoms with van der Waals surface area (Å²) in [5, 5.41) is 22.0. The third-order valence-electron chi connectivity index (χ3n) is 2.87. The summed E-state index contributed by atoms with van der Waals surface area (Å²) >= 11 is 0. The monoisotopic (exact) mass is 251 g/mol. The molecule has 0 saturated heterocycles. The molecular weight excluding hydrogens is 230 g/mol. The molecule has 0 aliphatic rings. The number of benzene rings is 1. The first-order valence-electron chi connectivity index (χ1n) is 6.32. The number of carboxylic acid groups (broad SMARTS) is 1. The van der Waals surface area contributed by atoms with Gasteiger partial charge >= 0.3 is 5.97 Å². The number of phenols is 1. The molecule has 0 aliphatic carbocycles.